The van der Waals surface area contributed by atoms with Crippen molar-refractivity contribution in [2.45, 2.75) is 0 Å². The van der Waals surface area contributed by atoms with Crippen LogP contribution in [0.2, 0.25) is 0 Å². The second-order valence-corrected chi connectivity index (χ2v) is 4.29. The van der Waals surface area contributed by atoms with Gasteiger partial charge in [-0.1, -0.05) is 12.1 Å². The molecule has 1 aromatic heterocycles. The van der Waals surface area contributed by atoms with Crippen LogP contribution in [-0.2, 0) is 0 Å². The van der Waals surface area contributed by atoms with Gasteiger partial charge < -0.3 is 15.2 Å². The van der Waals surface area contributed by atoms with Crippen molar-refractivity contribution >= 4 is 17.3 Å². The Labute approximate surface area is 110 Å². The van der Waals surface area contributed by atoms with Gasteiger partial charge in [0.25, 0.3) is 5.91 Å². The molecule has 98 valence electrons. The topological polar surface area (TPSA) is 65.2 Å². The molecule has 0 fully saturated rings. The third kappa shape index (κ3) is 2.82. The number of aromatic nitrogens is 1. The summed E-state index contributed by atoms with van der Waals surface area (Å²) in [7, 11) is 3.78. The van der Waals surface area contributed by atoms with Crippen molar-refractivity contribution in [1.82, 2.24) is 4.98 Å². The molecule has 1 aromatic carbocycles. The van der Waals surface area contributed by atoms with E-state index in [4.69, 9.17) is 0 Å². The molecule has 0 aliphatic carbocycles. The first-order chi connectivity index (χ1) is 9.09. The number of nitrogens with one attached hydrogen (secondary N) is 2. The molecular weight excluding hydrogens is 242 g/mol. The number of H-pyrrole nitrogens is 1. The van der Waals surface area contributed by atoms with Gasteiger partial charge in [0.1, 0.15) is 5.56 Å². The van der Waals surface area contributed by atoms with E-state index in [0.717, 1.165) is 5.69 Å². The lowest BCUT2D eigenvalue weighted by atomic mass is 10.2. The van der Waals surface area contributed by atoms with Crippen LogP contribution in [0.4, 0.5) is 11.4 Å². The third-order valence-electron chi connectivity index (χ3n) is 2.70. The molecule has 2 rings (SSSR count). The first-order valence-electron chi connectivity index (χ1n) is 5.84. The van der Waals surface area contributed by atoms with Gasteiger partial charge in [0.2, 0.25) is 0 Å². The summed E-state index contributed by atoms with van der Waals surface area (Å²) >= 11 is 0. The van der Waals surface area contributed by atoms with E-state index in [0.29, 0.717) is 5.69 Å². The molecule has 5 nitrogen and oxygen atoms in total. The summed E-state index contributed by atoms with van der Waals surface area (Å²) in [5.41, 5.74) is 1.33. The number of benzene rings is 1. The quantitative estimate of drug-likeness (QED) is 0.879. The summed E-state index contributed by atoms with van der Waals surface area (Å²) in [5.74, 6) is -0.420. The van der Waals surface area contributed by atoms with E-state index in [1.807, 2.05) is 37.2 Å². The lowest BCUT2D eigenvalue weighted by molar-refractivity contribution is 0.102. The van der Waals surface area contributed by atoms with Gasteiger partial charge in [-0.05, 0) is 12.1 Å². The first kappa shape index (κ1) is 12.9. The van der Waals surface area contributed by atoms with Gasteiger partial charge in [0.15, 0.2) is 5.43 Å². The Kier molecular flexibility index (Phi) is 3.66. The van der Waals surface area contributed by atoms with Crippen molar-refractivity contribution in [3.63, 3.8) is 0 Å². The molecule has 1 heterocycles. The van der Waals surface area contributed by atoms with Crippen LogP contribution in [0.15, 0.2) is 47.5 Å². The normalized spacial score (nSPS) is 10.0. The number of aromatic amines is 1. The van der Waals surface area contributed by atoms with E-state index in [2.05, 4.69) is 10.3 Å². The molecule has 0 saturated carbocycles. The largest absolute Gasteiger partial charge is 0.376 e. The molecule has 0 atom stereocenters. The Morgan fingerprint density at radius 2 is 1.95 bits per heavy atom. The number of anilines is 2. The molecule has 0 radical (unpaired) electrons. The van der Waals surface area contributed by atoms with Crippen molar-refractivity contribution in [2.75, 3.05) is 24.3 Å². The lowest BCUT2D eigenvalue weighted by Crippen LogP contribution is -2.22. The number of pyridine rings is 1. The number of nitrogens with zero attached hydrogens (tertiary/aromatic N) is 1. The summed E-state index contributed by atoms with van der Waals surface area (Å²) in [4.78, 5) is 28.3. The number of carbonyl (C=O) groups excluding carboxylic acids is 1. The van der Waals surface area contributed by atoms with Crippen molar-refractivity contribution in [3.8, 4) is 0 Å². The standard InChI is InChI=1S/C14H15N3O2/c1-17(2)12-6-4-3-5-11(12)16-14(19)10-9-15-8-7-13(10)18/h3-9H,1-2H3,(H,15,18)(H,16,19). The van der Waals surface area contributed by atoms with Crippen molar-refractivity contribution in [3.05, 3.63) is 58.5 Å². The summed E-state index contributed by atoms with van der Waals surface area (Å²) < 4.78 is 0. The fraction of sp³-hybridized carbons (Fsp3) is 0.143. The monoisotopic (exact) mass is 257 g/mol. The van der Waals surface area contributed by atoms with E-state index in [-0.39, 0.29) is 11.0 Å². The molecular formula is C14H15N3O2. The van der Waals surface area contributed by atoms with E-state index in [1.54, 1.807) is 6.07 Å². The average molecular weight is 257 g/mol. The van der Waals surface area contributed by atoms with Gasteiger partial charge in [0.05, 0.1) is 11.4 Å². The van der Waals surface area contributed by atoms with Gasteiger partial charge in [-0.25, -0.2) is 0 Å². The third-order valence-corrected chi connectivity index (χ3v) is 2.70. The Bertz CT molecular complexity index is 647. The van der Waals surface area contributed by atoms with Crippen LogP contribution in [0.3, 0.4) is 0 Å². The molecule has 19 heavy (non-hydrogen) atoms. The number of hydrogen-bond acceptors (Lipinski definition) is 3. The zero-order valence-corrected chi connectivity index (χ0v) is 10.8. The van der Waals surface area contributed by atoms with Gasteiger partial charge in [0, 0.05) is 32.6 Å². The molecule has 0 bridgehead atoms. The molecule has 0 aliphatic heterocycles. The van der Waals surface area contributed by atoms with Crippen molar-refractivity contribution in [2.24, 2.45) is 0 Å². The Balaban J connectivity index is 2.30. The maximum Gasteiger partial charge on any atom is 0.261 e. The van der Waals surface area contributed by atoms with Gasteiger partial charge >= 0.3 is 0 Å². The average Bonchev–Trinajstić information content (AvgIpc) is 2.39. The van der Waals surface area contributed by atoms with Crippen LogP contribution >= 0.6 is 0 Å². The SMILES string of the molecule is CN(C)c1ccccc1NC(=O)c1c[nH]ccc1=O. The van der Waals surface area contributed by atoms with Crippen molar-refractivity contribution in [1.29, 1.82) is 0 Å². The molecule has 5 heteroatoms. The maximum atomic E-state index is 12.1. The summed E-state index contributed by atoms with van der Waals surface area (Å²) in [6.07, 6.45) is 2.89. The van der Waals surface area contributed by atoms with E-state index >= 15 is 0 Å². The zero-order valence-electron chi connectivity index (χ0n) is 10.8. The fourth-order valence-electron chi connectivity index (χ4n) is 1.75. The Morgan fingerprint density at radius 3 is 2.63 bits per heavy atom. The first-order valence-corrected chi connectivity index (χ1v) is 5.84. The predicted molar refractivity (Wildman–Crippen MR) is 75.8 cm³/mol. The van der Waals surface area contributed by atoms with Gasteiger partial charge in [-0.2, -0.15) is 0 Å². The Hall–Kier alpha value is -2.56. The van der Waals surface area contributed by atoms with E-state index in [9.17, 15) is 9.59 Å². The number of carbonyl (C=O) groups is 1. The predicted octanol–water partition coefficient (Wildman–Crippen LogP) is 1.69. The van der Waals surface area contributed by atoms with Gasteiger partial charge in [-0.3, -0.25) is 9.59 Å². The second-order valence-electron chi connectivity index (χ2n) is 4.29. The highest BCUT2D eigenvalue weighted by molar-refractivity contribution is 6.05. The molecule has 2 aromatic rings. The number of para-hydroxylation sites is 2. The highest BCUT2D eigenvalue weighted by Gasteiger charge is 2.12. The molecule has 0 unspecified atom stereocenters. The highest BCUT2D eigenvalue weighted by Crippen LogP contribution is 2.23. The molecule has 1 amide bonds. The molecule has 0 spiro atoms. The highest BCUT2D eigenvalue weighted by atomic mass is 16.2. The number of hydrogen-bond donors (Lipinski definition) is 2. The van der Waals surface area contributed by atoms with Crippen LogP contribution in [0.5, 0.6) is 0 Å². The fourth-order valence-corrected chi connectivity index (χ4v) is 1.75. The minimum atomic E-state index is -0.420. The molecule has 2 N–H and O–H groups in total. The van der Waals surface area contributed by atoms with Crippen LogP contribution in [0, 0.1) is 0 Å². The summed E-state index contributed by atoms with van der Waals surface area (Å²) in [6, 6.07) is 8.74. The van der Waals surface area contributed by atoms with E-state index in [1.165, 1.54) is 18.5 Å². The number of rotatable bonds is 3. The van der Waals surface area contributed by atoms with Crippen LogP contribution in [0.1, 0.15) is 10.4 Å². The van der Waals surface area contributed by atoms with Crippen LogP contribution in [-0.4, -0.2) is 25.0 Å². The van der Waals surface area contributed by atoms with Crippen molar-refractivity contribution < 1.29 is 4.79 Å². The maximum absolute atomic E-state index is 12.1. The van der Waals surface area contributed by atoms with E-state index < -0.39 is 5.91 Å². The van der Waals surface area contributed by atoms with Crippen LogP contribution < -0.4 is 15.6 Å². The molecule has 0 aliphatic rings. The molecule has 0 saturated heterocycles. The summed E-state index contributed by atoms with van der Waals surface area (Å²) in [6.45, 7) is 0. The number of amides is 1. The zero-order chi connectivity index (χ0) is 13.8. The minimum absolute atomic E-state index is 0.0936. The van der Waals surface area contributed by atoms with Gasteiger partial charge in [-0.15, -0.1) is 0 Å². The minimum Gasteiger partial charge on any atom is -0.376 e. The second kappa shape index (κ2) is 5.39. The van der Waals surface area contributed by atoms with Crippen LogP contribution in [0.25, 0.3) is 0 Å². The lowest BCUT2D eigenvalue weighted by Gasteiger charge is -2.17. The Morgan fingerprint density at radius 1 is 1.21 bits per heavy atom. The smallest absolute Gasteiger partial charge is 0.261 e. The summed E-state index contributed by atoms with van der Waals surface area (Å²) in [5, 5.41) is 2.75.